The van der Waals surface area contributed by atoms with E-state index >= 15 is 0 Å². The van der Waals surface area contributed by atoms with Crippen LogP contribution in [-0.4, -0.2) is 46.5 Å². The Balaban J connectivity index is 1.51. The van der Waals surface area contributed by atoms with Gasteiger partial charge < -0.3 is 10.2 Å². The van der Waals surface area contributed by atoms with Gasteiger partial charge in [0.15, 0.2) is 0 Å². The molecular formula is C20H18N6O4S. The molecule has 2 aliphatic heterocycles. The standard InChI is InChI=1S/C20H18N6O4S/c1-20(13-17(27)24-16-5-2-3-12-26(16)20)18(28)23-14-6-8-15(9-7-14)31(29,30)25-19-21-10-4-11-22-19/h2-12H,13H2,1H3,(H,23,28)(H,21,22,25). The molecule has 11 heteroatoms. The van der Waals surface area contributed by atoms with Crippen molar-refractivity contribution in [2.45, 2.75) is 23.8 Å². The van der Waals surface area contributed by atoms with Crippen molar-refractivity contribution in [2.24, 2.45) is 4.99 Å². The maximum absolute atomic E-state index is 13.0. The van der Waals surface area contributed by atoms with Crippen molar-refractivity contribution in [3.05, 3.63) is 67.2 Å². The number of carbonyl (C=O) groups is 2. The molecule has 2 aromatic rings. The minimum absolute atomic E-state index is 0.0180. The molecular weight excluding hydrogens is 420 g/mol. The van der Waals surface area contributed by atoms with Gasteiger partial charge in [-0.15, -0.1) is 0 Å². The molecule has 158 valence electrons. The number of benzene rings is 1. The highest BCUT2D eigenvalue weighted by Crippen LogP contribution is 2.29. The molecule has 4 rings (SSSR count). The summed E-state index contributed by atoms with van der Waals surface area (Å²) in [6.07, 6.45) is 9.59. The quantitative estimate of drug-likeness (QED) is 0.725. The van der Waals surface area contributed by atoms with Gasteiger partial charge >= 0.3 is 0 Å². The topological polar surface area (TPSA) is 134 Å². The molecule has 0 aliphatic carbocycles. The summed E-state index contributed by atoms with van der Waals surface area (Å²) in [6, 6.07) is 7.21. The lowest BCUT2D eigenvalue weighted by molar-refractivity contribution is -0.130. The summed E-state index contributed by atoms with van der Waals surface area (Å²) < 4.78 is 27.2. The lowest BCUT2D eigenvalue weighted by Gasteiger charge is -2.41. The minimum Gasteiger partial charge on any atom is -0.324 e. The van der Waals surface area contributed by atoms with Crippen molar-refractivity contribution in [3.63, 3.8) is 0 Å². The monoisotopic (exact) mass is 438 g/mol. The molecule has 1 aromatic carbocycles. The molecule has 1 aromatic heterocycles. The molecule has 0 fully saturated rings. The fourth-order valence-corrected chi connectivity index (χ4v) is 4.15. The van der Waals surface area contributed by atoms with E-state index in [1.54, 1.807) is 42.3 Å². The van der Waals surface area contributed by atoms with E-state index in [2.05, 4.69) is 25.0 Å². The van der Waals surface area contributed by atoms with Crippen molar-refractivity contribution in [1.29, 1.82) is 0 Å². The molecule has 0 saturated carbocycles. The highest BCUT2D eigenvalue weighted by atomic mass is 32.2. The van der Waals surface area contributed by atoms with Crippen LogP contribution >= 0.6 is 0 Å². The molecule has 0 bridgehead atoms. The lowest BCUT2D eigenvalue weighted by Crippen LogP contribution is -2.58. The number of anilines is 2. The number of aromatic nitrogens is 2. The van der Waals surface area contributed by atoms with Crippen LogP contribution in [-0.2, 0) is 19.6 Å². The van der Waals surface area contributed by atoms with Gasteiger partial charge in [-0.2, -0.15) is 4.99 Å². The van der Waals surface area contributed by atoms with Crippen molar-refractivity contribution in [1.82, 2.24) is 14.9 Å². The highest BCUT2D eigenvalue weighted by molar-refractivity contribution is 7.92. The van der Waals surface area contributed by atoms with Crippen LogP contribution in [0.15, 0.2) is 77.0 Å². The zero-order valence-electron chi connectivity index (χ0n) is 16.4. The van der Waals surface area contributed by atoms with E-state index in [9.17, 15) is 18.0 Å². The number of carbonyl (C=O) groups excluding carboxylic acids is 2. The largest absolute Gasteiger partial charge is 0.324 e. The average molecular weight is 438 g/mol. The predicted octanol–water partition coefficient (Wildman–Crippen LogP) is 1.69. The first-order chi connectivity index (χ1) is 14.8. The van der Waals surface area contributed by atoms with Gasteiger partial charge in [0.05, 0.1) is 11.3 Å². The number of allylic oxidation sites excluding steroid dienone is 2. The van der Waals surface area contributed by atoms with Crippen LogP contribution in [0.4, 0.5) is 11.6 Å². The van der Waals surface area contributed by atoms with E-state index < -0.39 is 21.5 Å². The van der Waals surface area contributed by atoms with Gasteiger partial charge in [0.25, 0.3) is 21.8 Å². The third-order valence-corrected chi connectivity index (χ3v) is 6.15. The number of aliphatic imine (C=N–C) groups is 1. The Kier molecular flexibility index (Phi) is 5.11. The Labute approximate surface area is 178 Å². The molecule has 2 aliphatic rings. The number of hydrogen-bond donors (Lipinski definition) is 2. The smallest absolute Gasteiger partial charge is 0.264 e. The molecule has 0 spiro atoms. The number of hydrogen-bond acceptors (Lipinski definition) is 7. The molecule has 1 unspecified atom stereocenters. The van der Waals surface area contributed by atoms with Crippen LogP contribution in [0, 0.1) is 0 Å². The first-order valence-electron chi connectivity index (χ1n) is 9.25. The van der Waals surface area contributed by atoms with Gasteiger partial charge in [-0.3, -0.25) is 9.59 Å². The minimum atomic E-state index is -3.89. The van der Waals surface area contributed by atoms with Crippen LogP contribution in [0.25, 0.3) is 0 Å². The Morgan fingerprint density at radius 1 is 1.13 bits per heavy atom. The van der Waals surface area contributed by atoms with E-state index in [-0.39, 0.29) is 23.2 Å². The normalized spacial score (nSPS) is 20.1. The molecule has 2 N–H and O–H groups in total. The summed E-state index contributed by atoms with van der Waals surface area (Å²) >= 11 is 0. The Morgan fingerprint density at radius 3 is 2.55 bits per heavy atom. The van der Waals surface area contributed by atoms with Gasteiger partial charge in [-0.05, 0) is 49.4 Å². The van der Waals surface area contributed by atoms with Gasteiger partial charge in [0.1, 0.15) is 11.4 Å². The summed E-state index contributed by atoms with van der Waals surface area (Å²) in [5.41, 5.74) is -0.791. The molecule has 1 atom stereocenters. The molecule has 31 heavy (non-hydrogen) atoms. The number of amides is 2. The molecule has 10 nitrogen and oxygen atoms in total. The van der Waals surface area contributed by atoms with Crippen LogP contribution in [0.5, 0.6) is 0 Å². The summed E-state index contributed by atoms with van der Waals surface area (Å²) in [5, 5.41) is 2.75. The highest BCUT2D eigenvalue weighted by Gasteiger charge is 2.45. The number of amidine groups is 1. The summed E-state index contributed by atoms with van der Waals surface area (Å²) in [4.78, 5) is 38.4. The second-order valence-corrected chi connectivity index (χ2v) is 8.72. The first kappa shape index (κ1) is 20.4. The van der Waals surface area contributed by atoms with E-state index in [0.29, 0.717) is 11.5 Å². The van der Waals surface area contributed by atoms with E-state index in [0.717, 1.165) is 0 Å². The van der Waals surface area contributed by atoms with Crippen molar-refractivity contribution in [2.75, 3.05) is 10.0 Å². The Bertz CT molecular complexity index is 1220. The van der Waals surface area contributed by atoms with E-state index in [1.807, 2.05) is 0 Å². The second kappa shape index (κ2) is 7.76. The van der Waals surface area contributed by atoms with Crippen molar-refractivity contribution in [3.8, 4) is 0 Å². The molecule has 0 saturated heterocycles. The zero-order chi connectivity index (χ0) is 22.1. The number of nitrogens with one attached hydrogen (secondary N) is 2. The Morgan fingerprint density at radius 2 is 1.84 bits per heavy atom. The van der Waals surface area contributed by atoms with Gasteiger partial charge in [-0.1, -0.05) is 6.08 Å². The molecule has 3 heterocycles. The number of sulfonamides is 1. The van der Waals surface area contributed by atoms with Crippen molar-refractivity contribution < 1.29 is 18.0 Å². The summed E-state index contributed by atoms with van der Waals surface area (Å²) in [5.74, 6) is -0.456. The summed E-state index contributed by atoms with van der Waals surface area (Å²) in [7, 11) is -3.89. The maximum atomic E-state index is 13.0. The maximum Gasteiger partial charge on any atom is 0.264 e. The van der Waals surface area contributed by atoms with Crippen LogP contribution < -0.4 is 10.0 Å². The molecule has 0 radical (unpaired) electrons. The number of nitrogens with zero attached hydrogens (tertiary/aromatic N) is 4. The first-order valence-corrected chi connectivity index (χ1v) is 10.7. The number of fused-ring (bicyclic) bond motifs is 1. The zero-order valence-corrected chi connectivity index (χ0v) is 17.2. The Hall–Kier alpha value is -3.86. The molecule has 2 amide bonds. The van der Waals surface area contributed by atoms with Gasteiger partial charge in [-0.25, -0.2) is 23.1 Å². The third-order valence-electron chi connectivity index (χ3n) is 4.81. The fourth-order valence-electron chi connectivity index (χ4n) is 3.19. The van der Waals surface area contributed by atoms with Crippen LogP contribution in [0.2, 0.25) is 0 Å². The van der Waals surface area contributed by atoms with Crippen molar-refractivity contribution >= 4 is 39.3 Å². The second-order valence-electron chi connectivity index (χ2n) is 7.04. The average Bonchev–Trinajstić information content (AvgIpc) is 2.74. The van der Waals surface area contributed by atoms with Crippen LogP contribution in [0.3, 0.4) is 0 Å². The number of rotatable bonds is 5. The fraction of sp³-hybridized carbons (Fsp3) is 0.150. The third kappa shape index (κ3) is 4.08. The van der Waals surface area contributed by atoms with E-state index in [4.69, 9.17) is 0 Å². The summed E-state index contributed by atoms with van der Waals surface area (Å²) in [6.45, 7) is 1.65. The SMILES string of the molecule is CC1(C(=O)Nc2ccc(S(=O)(=O)Nc3ncccn3)cc2)CC(=O)N=C2C=CC=CN21. The van der Waals surface area contributed by atoms with Crippen LogP contribution in [0.1, 0.15) is 13.3 Å². The van der Waals surface area contributed by atoms with Gasteiger partial charge in [0, 0.05) is 24.3 Å². The predicted molar refractivity (Wildman–Crippen MR) is 113 cm³/mol. The lowest BCUT2D eigenvalue weighted by atomic mass is 9.91. The van der Waals surface area contributed by atoms with Gasteiger partial charge in [0.2, 0.25) is 5.95 Å². The van der Waals surface area contributed by atoms with E-state index in [1.165, 1.54) is 36.7 Å².